The molecule has 0 amide bonds. The molecule has 0 radical (unpaired) electrons. The summed E-state index contributed by atoms with van der Waals surface area (Å²) in [6, 6.07) is 8.34. The van der Waals surface area contributed by atoms with Crippen molar-refractivity contribution in [3.63, 3.8) is 0 Å². The predicted molar refractivity (Wildman–Crippen MR) is 73.8 cm³/mol. The Morgan fingerprint density at radius 2 is 2.00 bits per heavy atom. The number of carbonyl (C=O) groups is 1. The average molecular weight is 262 g/mol. The van der Waals surface area contributed by atoms with Gasteiger partial charge in [-0.15, -0.1) is 0 Å². The second kappa shape index (κ2) is 5.33. The van der Waals surface area contributed by atoms with Crippen molar-refractivity contribution >= 4 is 5.97 Å². The highest BCUT2D eigenvalue weighted by molar-refractivity contribution is 5.79. The maximum Gasteiger partial charge on any atom is 0.338 e. The van der Waals surface area contributed by atoms with Crippen LogP contribution in [0.1, 0.15) is 38.8 Å². The van der Waals surface area contributed by atoms with Crippen LogP contribution in [0.5, 0.6) is 0 Å². The molecule has 3 nitrogen and oxygen atoms in total. The van der Waals surface area contributed by atoms with Crippen molar-refractivity contribution in [2.75, 3.05) is 6.61 Å². The smallest absolute Gasteiger partial charge is 0.338 e. The SMILES string of the molecule is CCOC(=O)[C@@H]1O[C@]1(C)c1ccc(CC(C)C)cc1. The minimum absolute atomic E-state index is 0.267. The summed E-state index contributed by atoms with van der Waals surface area (Å²) < 4.78 is 10.5. The van der Waals surface area contributed by atoms with E-state index in [1.807, 2.05) is 6.92 Å². The molecule has 0 aromatic heterocycles. The summed E-state index contributed by atoms with van der Waals surface area (Å²) in [7, 11) is 0. The Kier molecular flexibility index (Phi) is 3.95. The van der Waals surface area contributed by atoms with Crippen LogP contribution >= 0.6 is 0 Å². The van der Waals surface area contributed by atoms with E-state index in [0.717, 1.165) is 12.0 Å². The number of hydrogen-bond acceptors (Lipinski definition) is 3. The summed E-state index contributed by atoms with van der Waals surface area (Å²) >= 11 is 0. The highest BCUT2D eigenvalue weighted by atomic mass is 16.7. The number of carbonyl (C=O) groups excluding carboxylic acids is 1. The lowest BCUT2D eigenvalue weighted by Gasteiger charge is -2.09. The van der Waals surface area contributed by atoms with Crippen LogP contribution in [-0.2, 0) is 26.3 Å². The summed E-state index contributed by atoms with van der Waals surface area (Å²) in [5.41, 5.74) is 1.84. The minimum atomic E-state index is -0.511. The Morgan fingerprint density at radius 3 is 2.53 bits per heavy atom. The van der Waals surface area contributed by atoms with Gasteiger partial charge >= 0.3 is 5.97 Å². The zero-order valence-corrected chi connectivity index (χ0v) is 12.1. The van der Waals surface area contributed by atoms with Gasteiger partial charge in [-0.3, -0.25) is 0 Å². The highest BCUT2D eigenvalue weighted by Gasteiger charge is 2.59. The zero-order valence-electron chi connectivity index (χ0n) is 12.1. The Morgan fingerprint density at radius 1 is 1.37 bits per heavy atom. The molecule has 1 heterocycles. The fourth-order valence-electron chi connectivity index (χ4n) is 2.36. The van der Waals surface area contributed by atoms with Crippen molar-refractivity contribution in [1.29, 1.82) is 0 Å². The van der Waals surface area contributed by atoms with E-state index in [1.54, 1.807) is 6.92 Å². The number of hydrogen-bond donors (Lipinski definition) is 0. The number of epoxide rings is 1. The van der Waals surface area contributed by atoms with Gasteiger partial charge < -0.3 is 9.47 Å². The maximum atomic E-state index is 11.7. The molecule has 19 heavy (non-hydrogen) atoms. The fraction of sp³-hybridized carbons (Fsp3) is 0.562. The first-order valence-electron chi connectivity index (χ1n) is 6.91. The van der Waals surface area contributed by atoms with E-state index in [4.69, 9.17) is 9.47 Å². The summed E-state index contributed by atoms with van der Waals surface area (Å²) in [4.78, 5) is 11.7. The molecule has 2 rings (SSSR count). The molecule has 0 saturated carbocycles. The highest BCUT2D eigenvalue weighted by Crippen LogP contribution is 2.46. The van der Waals surface area contributed by atoms with Gasteiger partial charge in [0.1, 0.15) is 5.60 Å². The van der Waals surface area contributed by atoms with Crippen LogP contribution in [0.4, 0.5) is 0 Å². The lowest BCUT2D eigenvalue weighted by Crippen LogP contribution is -2.18. The Labute approximate surface area is 114 Å². The summed E-state index contributed by atoms with van der Waals surface area (Å²) in [6.45, 7) is 8.54. The topological polar surface area (TPSA) is 38.8 Å². The van der Waals surface area contributed by atoms with Crippen LogP contribution in [0.3, 0.4) is 0 Å². The average Bonchev–Trinajstić information content (AvgIpc) is 3.03. The van der Waals surface area contributed by atoms with Crippen LogP contribution in [0.25, 0.3) is 0 Å². The molecule has 104 valence electrons. The van der Waals surface area contributed by atoms with Crippen LogP contribution in [0.15, 0.2) is 24.3 Å². The lowest BCUT2D eigenvalue weighted by atomic mass is 9.94. The monoisotopic (exact) mass is 262 g/mol. The van der Waals surface area contributed by atoms with Gasteiger partial charge in [0, 0.05) is 0 Å². The van der Waals surface area contributed by atoms with E-state index in [0.29, 0.717) is 12.5 Å². The van der Waals surface area contributed by atoms with Gasteiger partial charge in [-0.25, -0.2) is 4.79 Å². The van der Waals surface area contributed by atoms with Crippen molar-refractivity contribution in [3.8, 4) is 0 Å². The summed E-state index contributed by atoms with van der Waals surface area (Å²) in [5, 5.41) is 0. The first-order valence-corrected chi connectivity index (χ1v) is 6.91. The number of esters is 1. The number of benzene rings is 1. The Hall–Kier alpha value is -1.35. The molecule has 1 aliphatic heterocycles. The second-order valence-corrected chi connectivity index (χ2v) is 5.65. The molecule has 1 aromatic rings. The summed E-state index contributed by atoms with van der Waals surface area (Å²) in [5.74, 6) is 0.377. The molecule has 1 aliphatic rings. The fourth-order valence-corrected chi connectivity index (χ4v) is 2.36. The van der Waals surface area contributed by atoms with Crippen molar-refractivity contribution in [3.05, 3.63) is 35.4 Å². The van der Waals surface area contributed by atoms with Gasteiger partial charge in [0.15, 0.2) is 6.10 Å². The first kappa shape index (κ1) is 14.1. The predicted octanol–water partition coefficient (Wildman–Crippen LogP) is 3.06. The van der Waals surface area contributed by atoms with Crippen molar-refractivity contribution in [2.45, 2.75) is 45.8 Å². The normalized spacial score (nSPS) is 25.4. The molecular formula is C16H22O3. The van der Waals surface area contributed by atoms with E-state index in [2.05, 4.69) is 38.1 Å². The first-order chi connectivity index (χ1) is 8.97. The van der Waals surface area contributed by atoms with Crippen LogP contribution < -0.4 is 0 Å². The molecular weight excluding hydrogens is 240 g/mol. The minimum Gasteiger partial charge on any atom is -0.464 e. The van der Waals surface area contributed by atoms with E-state index < -0.39 is 11.7 Å². The number of rotatable bonds is 5. The standard InChI is InChI=1S/C16H22O3/c1-5-18-15(17)14-16(4,19-14)13-8-6-12(7-9-13)10-11(2)3/h6-9,11,14H,5,10H2,1-4H3/t14-,16+/m0/s1. The van der Waals surface area contributed by atoms with Crippen molar-refractivity contribution in [1.82, 2.24) is 0 Å². The van der Waals surface area contributed by atoms with Gasteiger partial charge in [-0.2, -0.15) is 0 Å². The Bertz CT molecular complexity index is 450. The second-order valence-electron chi connectivity index (χ2n) is 5.65. The van der Waals surface area contributed by atoms with E-state index in [9.17, 15) is 4.79 Å². The van der Waals surface area contributed by atoms with Gasteiger partial charge in [0.25, 0.3) is 0 Å². The molecule has 0 N–H and O–H groups in total. The third-order valence-electron chi connectivity index (χ3n) is 3.48. The molecule has 1 saturated heterocycles. The molecule has 0 unspecified atom stereocenters. The van der Waals surface area contributed by atoms with Crippen LogP contribution in [0, 0.1) is 5.92 Å². The molecule has 0 aliphatic carbocycles. The Balaban J connectivity index is 2.05. The molecule has 0 bridgehead atoms. The van der Waals surface area contributed by atoms with E-state index in [-0.39, 0.29) is 5.97 Å². The van der Waals surface area contributed by atoms with E-state index in [1.165, 1.54) is 5.56 Å². The largest absolute Gasteiger partial charge is 0.464 e. The van der Waals surface area contributed by atoms with Gasteiger partial charge in [-0.1, -0.05) is 38.1 Å². The lowest BCUT2D eigenvalue weighted by molar-refractivity contribution is -0.144. The molecule has 1 fully saturated rings. The molecule has 3 heteroatoms. The number of ether oxygens (including phenoxy) is 2. The third kappa shape index (κ3) is 2.98. The van der Waals surface area contributed by atoms with Crippen LogP contribution in [0.2, 0.25) is 0 Å². The quantitative estimate of drug-likeness (QED) is 0.604. The molecule has 2 atom stereocenters. The van der Waals surface area contributed by atoms with Crippen molar-refractivity contribution in [2.24, 2.45) is 5.92 Å². The summed E-state index contributed by atoms with van der Waals surface area (Å²) in [6.07, 6.45) is 0.613. The zero-order chi connectivity index (χ0) is 14.0. The van der Waals surface area contributed by atoms with Gasteiger partial charge in [0.2, 0.25) is 0 Å². The van der Waals surface area contributed by atoms with Gasteiger partial charge in [-0.05, 0) is 37.3 Å². The van der Waals surface area contributed by atoms with Crippen molar-refractivity contribution < 1.29 is 14.3 Å². The van der Waals surface area contributed by atoms with Crippen LogP contribution in [-0.4, -0.2) is 18.7 Å². The third-order valence-corrected chi connectivity index (χ3v) is 3.48. The maximum absolute atomic E-state index is 11.7. The van der Waals surface area contributed by atoms with Gasteiger partial charge in [0.05, 0.1) is 6.61 Å². The molecule has 0 spiro atoms. The van der Waals surface area contributed by atoms with E-state index >= 15 is 0 Å². The molecule has 1 aromatic carbocycles.